The van der Waals surface area contributed by atoms with Gasteiger partial charge < -0.3 is 5.11 Å². The maximum absolute atomic E-state index is 10.5. The zero-order valence-electron chi connectivity index (χ0n) is 12.2. The standard InChI is InChI=1S/C16H26O2/c1-12(8-10-15(17)18)7-9-14-13(2)6-5-11-16(14,3)4/h7H,5-6,8-11H2,1-4H3,(H,17,18). The van der Waals surface area contributed by atoms with Crippen LogP contribution in [0.1, 0.15) is 66.2 Å². The van der Waals surface area contributed by atoms with Gasteiger partial charge in [0.2, 0.25) is 0 Å². The van der Waals surface area contributed by atoms with Gasteiger partial charge in [-0.15, -0.1) is 0 Å². The number of hydrogen-bond acceptors (Lipinski definition) is 1. The number of aliphatic carboxylic acids is 1. The third-order valence-electron chi connectivity index (χ3n) is 4.07. The van der Waals surface area contributed by atoms with E-state index < -0.39 is 5.97 Å². The molecule has 0 atom stereocenters. The summed E-state index contributed by atoms with van der Waals surface area (Å²) in [6, 6.07) is 0. The molecule has 1 N–H and O–H groups in total. The van der Waals surface area contributed by atoms with Crippen LogP contribution in [0.4, 0.5) is 0 Å². The van der Waals surface area contributed by atoms with Crippen molar-refractivity contribution in [2.75, 3.05) is 0 Å². The summed E-state index contributed by atoms with van der Waals surface area (Å²) in [7, 11) is 0. The van der Waals surface area contributed by atoms with Crippen molar-refractivity contribution in [2.24, 2.45) is 5.41 Å². The molecular weight excluding hydrogens is 224 g/mol. The molecule has 2 nitrogen and oxygen atoms in total. The first-order valence-electron chi connectivity index (χ1n) is 6.89. The predicted molar refractivity (Wildman–Crippen MR) is 75.6 cm³/mol. The molecule has 0 spiro atoms. The molecule has 0 saturated carbocycles. The quantitative estimate of drug-likeness (QED) is 0.717. The summed E-state index contributed by atoms with van der Waals surface area (Å²) in [5.41, 5.74) is 4.60. The second-order valence-electron chi connectivity index (χ2n) is 6.14. The molecule has 0 amide bonds. The van der Waals surface area contributed by atoms with Crippen LogP contribution in [0, 0.1) is 5.41 Å². The minimum Gasteiger partial charge on any atom is -0.481 e. The van der Waals surface area contributed by atoms with E-state index in [0.717, 1.165) is 6.42 Å². The number of carbonyl (C=O) groups is 1. The maximum atomic E-state index is 10.5. The largest absolute Gasteiger partial charge is 0.481 e. The molecular formula is C16H26O2. The predicted octanol–water partition coefficient (Wildman–Crippen LogP) is 4.71. The fraction of sp³-hybridized carbons (Fsp3) is 0.688. The van der Waals surface area contributed by atoms with E-state index in [1.165, 1.54) is 30.4 Å². The van der Waals surface area contributed by atoms with Crippen molar-refractivity contribution >= 4 is 5.97 Å². The summed E-state index contributed by atoms with van der Waals surface area (Å²) in [4.78, 5) is 10.5. The molecule has 0 fully saturated rings. The second-order valence-corrected chi connectivity index (χ2v) is 6.14. The van der Waals surface area contributed by atoms with Crippen molar-refractivity contribution in [2.45, 2.75) is 66.2 Å². The molecule has 102 valence electrons. The third-order valence-corrected chi connectivity index (χ3v) is 4.07. The highest BCUT2D eigenvalue weighted by Crippen LogP contribution is 2.42. The van der Waals surface area contributed by atoms with Gasteiger partial charge >= 0.3 is 5.97 Å². The van der Waals surface area contributed by atoms with Crippen molar-refractivity contribution in [3.05, 3.63) is 22.8 Å². The Morgan fingerprint density at radius 3 is 2.61 bits per heavy atom. The van der Waals surface area contributed by atoms with Crippen molar-refractivity contribution in [1.82, 2.24) is 0 Å². The summed E-state index contributed by atoms with van der Waals surface area (Å²) in [6.45, 7) is 8.93. The van der Waals surface area contributed by atoms with Gasteiger partial charge in [-0.05, 0) is 51.4 Å². The van der Waals surface area contributed by atoms with E-state index in [-0.39, 0.29) is 6.42 Å². The topological polar surface area (TPSA) is 37.3 Å². The van der Waals surface area contributed by atoms with Crippen LogP contribution in [0.2, 0.25) is 0 Å². The summed E-state index contributed by atoms with van der Waals surface area (Å²) in [5.74, 6) is -0.712. The Bertz CT molecular complexity index is 373. The van der Waals surface area contributed by atoms with E-state index >= 15 is 0 Å². The first-order valence-corrected chi connectivity index (χ1v) is 6.89. The highest BCUT2D eigenvalue weighted by atomic mass is 16.4. The fourth-order valence-corrected chi connectivity index (χ4v) is 2.81. The van der Waals surface area contributed by atoms with E-state index in [4.69, 9.17) is 5.11 Å². The average Bonchev–Trinajstić information content (AvgIpc) is 2.24. The molecule has 0 aromatic heterocycles. The van der Waals surface area contributed by atoms with Crippen LogP contribution in [0.15, 0.2) is 22.8 Å². The SMILES string of the molecule is CC(=CCC1=C(C)CCCC1(C)C)CCC(=O)O. The summed E-state index contributed by atoms with van der Waals surface area (Å²) >= 11 is 0. The zero-order valence-corrected chi connectivity index (χ0v) is 12.2. The lowest BCUT2D eigenvalue weighted by molar-refractivity contribution is -0.136. The molecule has 1 aliphatic carbocycles. The van der Waals surface area contributed by atoms with E-state index in [1.54, 1.807) is 5.57 Å². The van der Waals surface area contributed by atoms with Gasteiger partial charge in [0.25, 0.3) is 0 Å². The first-order chi connectivity index (χ1) is 8.33. The Kier molecular flexibility index (Phi) is 5.18. The monoisotopic (exact) mass is 250 g/mol. The molecule has 0 aliphatic heterocycles. The molecule has 1 aliphatic rings. The Labute approximate surface area is 111 Å². The summed E-state index contributed by atoms with van der Waals surface area (Å²) in [5, 5.41) is 8.67. The van der Waals surface area contributed by atoms with Gasteiger partial charge in [0.1, 0.15) is 0 Å². The average molecular weight is 250 g/mol. The van der Waals surface area contributed by atoms with E-state index in [2.05, 4.69) is 26.8 Å². The Hall–Kier alpha value is -1.05. The Morgan fingerprint density at radius 1 is 1.39 bits per heavy atom. The van der Waals surface area contributed by atoms with Crippen LogP contribution >= 0.6 is 0 Å². The van der Waals surface area contributed by atoms with Gasteiger partial charge in [0.05, 0.1) is 0 Å². The minimum absolute atomic E-state index is 0.240. The molecule has 0 bridgehead atoms. The van der Waals surface area contributed by atoms with Gasteiger partial charge in [-0.3, -0.25) is 4.79 Å². The number of carboxylic acid groups (broad SMARTS) is 1. The molecule has 2 heteroatoms. The van der Waals surface area contributed by atoms with Gasteiger partial charge in [-0.25, -0.2) is 0 Å². The van der Waals surface area contributed by atoms with Gasteiger partial charge in [0.15, 0.2) is 0 Å². The summed E-state index contributed by atoms with van der Waals surface area (Å²) in [6.07, 6.45) is 7.90. The van der Waals surface area contributed by atoms with Crippen molar-refractivity contribution < 1.29 is 9.90 Å². The molecule has 0 saturated heterocycles. The number of hydrogen-bond donors (Lipinski definition) is 1. The minimum atomic E-state index is -0.712. The van der Waals surface area contributed by atoms with Gasteiger partial charge in [0, 0.05) is 6.42 Å². The molecule has 0 aromatic carbocycles. The maximum Gasteiger partial charge on any atom is 0.303 e. The molecule has 0 heterocycles. The second kappa shape index (κ2) is 6.21. The Balaban J connectivity index is 2.65. The van der Waals surface area contributed by atoms with Crippen molar-refractivity contribution in [3.63, 3.8) is 0 Å². The molecule has 0 radical (unpaired) electrons. The molecule has 18 heavy (non-hydrogen) atoms. The Morgan fingerprint density at radius 2 is 2.06 bits per heavy atom. The van der Waals surface area contributed by atoms with Crippen LogP contribution in [0.5, 0.6) is 0 Å². The smallest absolute Gasteiger partial charge is 0.303 e. The zero-order chi connectivity index (χ0) is 13.8. The number of allylic oxidation sites excluding steroid dienone is 4. The van der Waals surface area contributed by atoms with E-state index in [0.29, 0.717) is 11.8 Å². The van der Waals surface area contributed by atoms with Crippen LogP contribution in [-0.4, -0.2) is 11.1 Å². The fourth-order valence-electron chi connectivity index (χ4n) is 2.81. The number of rotatable bonds is 5. The normalized spacial score (nSPS) is 20.1. The van der Waals surface area contributed by atoms with Gasteiger partial charge in [-0.1, -0.05) is 36.6 Å². The number of carboxylic acids is 1. The lowest BCUT2D eigenvalue weighted by Crippen LogP contribution is -2.20. The van der Waals surface area contributed by atoms with Crippen LogP contribution in [-0.2, 0) is 4.79 Å². The lowest BCUT2D eigenvalue weighted by atomic mass is 9.71. The van der Waals surface area contributed by atoms with Crippen LogP contribution in [0.3, 0.4) is 0 Å². The van der Waals surface area contributed by atoms with Crippen molar-refractivity contribution in [1.29, 1.82) is 0 Å². The van der Waals surface area contributed by atoms with Crippen molar-refractivity contribution in [3.8, 4) is 0 Å². The van der Waals surface area contributed by atoms with E-state index in [9.17, 15) is 4.79 Å². The highest BCUT2D eigenvalue weighted by Gasteiger charge is 2.27. The van der Waals surface area contributed by atoms with E-state index in [1.807, 2.05) is 6.92 Å². The summed E-state index contributed by atoms with van der Waals surface area (Å²) < 4.78 is 0. The lowest BCUT2D eigenvalue weighted by Gasteiger charge is -2.34. The third kappa shape index (κ3) is 4.32. The molecule has 1 rings (SSSR count). The molecule has 0 aromatic rings. The van der Waals surface area contributed by atoms with Crippen LogP contribution < -0.4 is 0 Å². The molecule has 0 unspecified atom stereocenters. The highest BCUT2D eigenvalue weighted by molar-refractivity contribution is 5.67. The van der Waals surface area contributed by atoms with Gasteiger partial charge in [-0.2, -0.15) is 0 Å². The van der Waals surface area contributed by atoms with Crippen LogP contribution in [0.25, 0.3) is 0 Å². The first kappa shape index (κ1) is 15.0.